The van der Waals surface area contributed by atoms with Gasteiger partial charge in [-0.3, -0.25) is 0 Å². The fraction of sp³-hybridized carbons (Fsp3) is 0.385. The number of hydrogen-bond donors (Lipinski definition) is 1. The minimum absolute atomic E-state index is 0.113. The topological polar surface area (TPSA) is 35.2 Å². The molecule has 0 saturated heterocycles. The molecule has 2 nitrogen and oxygen atoms in total. The van der Waals surface area contributed by atoms with Crippen LogP contribution in [0.3, 0.4) is 0 Å². The van der Waals surface area contributed by atoms with E-state index in [1.165, 1.54) is 12.1 Å². The zero-order valence-electron chi connectivity index (χ0n) is 10.2. The van der Waals surface area contributed by atoms with Gasteiger partial charge < -0.3 is 10.5 Å². The molecule has 0 aliphatic heterocycles. The Morgan fingerprint density at radius 2 is 2.00 bits per heavy atom. The summed E-state index contributed by atoms with van der Waals surface area (Å²) in [7, 11) is 0. The van der Waals surface area contributed by atoms with E-state index in [9.17, 15) is 8.78 Å². The van der Waals surface area contributed by atoms with Crippen molar-refractivity contribution < 1.29 is 13.5 Å². The van der Waals surface area contributed by atoms with Crippen LogP contribution in [-0.2, 0) is 6.42 Å². The lowest BCUT2D eigenvalue weighted by molar-refractivity contribution is 0.317. The fourth-order valence-corrected chi connectivity index (χ4v) is 1.52. The molecule has 0 aromatic heterocycles. The second-order valence-corrected chi connectivity index (χ2v) is 4.60. The Morgan fingerprint density at radius 1 is 1.44 bits per heavy atom. The van der Waals surface area contributed by atoms with Crippen LogP contribution in [0.15, 0.2) is 23.7 Å². The molecule has 18 heavy (non-hydrogen) atoms. The van der Waals surface area contributed by atoms with Crippen molar-refractivity contribution in [3.8, 4) is 5.75 Å². The Kier molecular flexibility index (Phi) is 5.56. The van der Waals surface area contributed by atoms with E-state index in [0.29, 0.717) is 12.0 Å². The zero-order chi connectivity index (χ0) is 13.7. The molecule has 100 valence electrons. The van der Waals surface area contributed by atoms with Crippen molar-refractivity contribution in [1.82, 2.24) is 0 Å². The maximum absolute atomic E-state index is 13.6. The number of hydrogen-bond acceptors (Lipinski definition) is 2. The molecule has 0 heterocycles. The van der Waals surface area contributed by atoms with Crippen LogP contribution in [0.5, 0.6) is 5.75 Å². The van der Waals surface area contributed by atoms with Crippen LogP contribution in [0, 0.1) is 11.6 Å². The molecule has 0 aliphatic rings. The summed E-state index contributed by atoms with van der Waals surface area (Å²) in [4.78, 5) is 0. The molecule has 1 aromatic rings. The van der Waals surface area contributed by atoms with Gasteiger partial charge in [0.25, 0.3) is 0 Å². The predicted octanol–water partition coefficient (Wildman–Crippen LogP) is 3.38. The minimum atomic E-state index is -0.758. The molecule has 1 unspecified atom stereocenters. The molecule has 0 spiro atoms. The number of halogens is 3. The van der Waals surface area contributed by atoms with Gasteiger partial charge in [-0.05, 0) is 30.5 Å². The van der Waals surface area contributed by atoms with Crippen LogP contribution in [0.25, 0.3) is 0 Å². The molecular formula is C13H16ClF2NO. The van der Waals surface area contributed by atoms with Gasteiger partial charge in [-0.15, -0.1) is 0 Å². The third kappa shape index (κ3) is 4.27. The summed E-state index contributed by atoms with van der Waals surface area (Å²) in [6.45, 7) is 5.16. The summed E-state index contributed by atoms with van der Waals surface area (Å²) in [5, 5.41) is 0.172. The maximum atomic E-state index is 13.6. The first-order chi connectivity index (χ1) is 8.43. The highest BCUT2D eigenvalue weighted by molar-refractivity contribution is 6.29. The van der Waals surface area contributed by atoms with Crippen molar-refractivity contribution in [2.75, 3.05) is 6.61 Å². The SMILES string of the molecule is C=C(Cl)COc1c(F)cc(CC(N)CC)cc1F. The zero-order valence-corrected chi connectivity index (χ0v) is 10.9. The highest BCUT2D eigenvalue weighted by atomic mass is 35.5. The first kappa shape index (κ1) is 14.9. The summed E-state index contributed by atoms with van der Waals surface area (Å²) in [5.74, 6) is -1.96. The van der Waals surface area contributed by atoms with Crippen LogP contribution in [0.4, 0.5) is 8.78 Å². The van der Waals surface area contributed by atoms with Crippen LogP contribution < -0.4 is 10.5 Å². The van der Waals surface area contributed by atoms with Gasteiger partial charge in [0.05, 0.1) is 0 Å². The lowest BCUT2D eigenvalue weighted by atomic mass is 10.0. The van der Waals surface area contributed by atoms with Gasteiger partial charge in [0.1, 0.15) is 6.61 Å². The van der Waals surface area contributed by atoms with Gasteiger partial charge in [-0.25, -0.2) is 8.78 Å². The van der Waals surface area contributed by atoms with Crippen molar-refractivity contribution in [3.05, 3.63) is 40.9 Å². The molecule has 0 saturated carbocycles. The summed E-state index contributed by atoms with van der Waals surface area (Å²) in [6.07, 6.45) is 1.17. The van der Waals surface area contributed by atoms with Crippen molar-refractivity contribution in [3.63, 3.8) is 0 Å². The molecule has 2 N–H and O–H groups in total. The van der Waals surface area contributed by atoms with Gasteiger partial charge in [0, 0.05) is 11.1 Å². The third-order valence-corrected chi connectivity index (χ3v) is 2.56. The molecule has 1 aromatic carbocycles. The minimum Gasteiger partial charge on any atom is -0.482 e. The van der Waals surface area contributed by atoms with Crippen molar-refractivity contribution >= 4 is 11.6 Å². The average molecular weight is 276 g/mol. The van der Waals surface area contributed by atoms with Crippen molar-refractivity contribution in [2.24, 2.45) is 5.73 Å². The largest absolute Gasteiger partial charge is 0.482 e. The molecule has 0 radical (unpaired) electrons. The molecule has 1 rings (SSSR count). The van der Waals surface area contributed by atoms with Crippen molar-refractivity contribution in [2.45, 2.75) is 25.8 Å². The Labute approximate surface area is 110 Å². The quantitative estimate of drug-likeness (QED) is 0.864. The van der Waals surface area contributed by atoms with Crippen molar-refractivity contribution in [1.29, 1.82) is 0 Å². The lowest BCUT2D eigenvalue weighted by Gasteiger charge is -2.12. The Balaban J connectivity index is 2.86. The smallest absolute Gasteiger partial charge is 0.191 e. The van der Waals surface area contributed by atoms with E-state index in [2.05, 4.69) is 6.58 Å². The summed E-state index contributed by atoms with van der Waals surface area (Å²) >= 11 is 5.47. The van der Waals surface area contributed by atoms with Gasteiger partial charge >= 0.3 is 0 Å². The monoisotopic (exact) mass is 275 g/mol. The van der Waals surface area contributed by atoms with E-state index in [0.717, 1.165) is 6.42 Å². The van der Waals surface area contributed by atoms with E-state index in [4.69, 9.17) is 22.1 Å². The predicted molar refractivity (Wildman–Crippen MR) is 68.8 cm³/mol. The molecule has 5 heteroatoms. The van der Waals surface area contributed by atoms with E-state index in [1.807, 2.05) is 6.92 Å². The number of nitrogens with two attached hydrogens (primary N) is 1. The van der Waals surface area contributed by atoms with Crippen LogP contribution in [0.2, 0.25) is 0 Å². The first-order valence-corrected chi connectivity index (χ1v) is 6.01. The van der Waals surface area contributed by atoms with Crippen LogP contribution >= 0.6 is 11.6 Å². The van der Waals surface area contributed by atoms with Gasteiger partial charge in [-0.1, -0.05) is 25.1 Å². The highest BCUT2D eigenvalue weighted by Gasteiger charge is 2.14. The molecule has 0 amide bonds. The van der Waals surface area contributed by atoms with Gasteiger partial charge in [0.2, 0.25) is 0 Å². The number of ether oxygens (including phenoxy) is 1. The summed E-state index contributed by atoms with van der Waals surface area (Å²) in [5.41, 5.74) is 6.25. The normalized spacial score (nSPS) is 12.3. The maximum Gasteiger partial charge on any atom is 0.191 e. The van der Waals surface area contributed by atoms with Crippen LogP contribution in [-0.4, -0.2) is 12.6 Å². The Hall–Kier alpha value is -1.13. The molecule has 0 fully saturated rings. The number of benzene rings is 1. The standard InChI is InChI=1S/C13H16ClF2NO/c1-3-10(17)4-9-5-11(15)13(12(16)6-9)18-7-8(2)14/h5-6,10H,2-4,7,17H2,1H3. The summed E-state index contributed by atoms with van der Waals surface area (Å²) in [6, 6.07) is 2.34. The third-order valence-electron chi connectivity index (χ3n) is 2.45. The van der Waals surface area contributed by atoms with E-state index >= 15 is 0 Å². The second kappa shape index (κ2) is 6.71. The van der Waals surface area contributed by atoms with Crippen LogP contribution in [0.1, 0.15) is 18.9 Å². The molecule has 0 bridgehead atoms. The van der Waals surface area contributed by atoms with E-state index < -0.39 is 17.4 Å². The van der Waals surface area contributed by atoms with Gasteiger partial charge in [0.15, 0.2) is 17.4 Å². The lowest BCUT2D eigenvalue weighted by Crippen LogP contribution is -2.21. The number of rotatable bonds is 6. The summed E-state index contributed by atoms with van der Waals surface area (Å²) < 4.78 is 32.2. The first-order valence-electron chi connectivity index (χ1n) is 5.63. The molecule has 0 aliphatic carbocycles. The molecule has 1 atom stereocenters. The van der Waals surface area contributed by atoms with Gasteiger partial charge in [-0.2, -0.15) is 0 Å². The fourth-order valence-electron chi connectivity index (χ4n) is 1.47. The van der Waals surface area contributed by atoms with E-state index in [-0.39, 0.29) is 17.7 Å². The Morgan fingerprint density at radius 3 is 2.44 bits per heavy atom. The average Bonchev–Trinajstić information content (AvgIpc) is 2.27. The Bertz CT molecular complexity index is 414. The highest BCUT2D eigenvalue weighted by Crippen LogP contribution is 2.24. The molecular weight excluding hydrogens is 260 g/mol. The van der Waals surface area contributed by atoms with E-state index in [1.54, 1.807) is 0 Å². The second-order valence-electron chi connectivity index (χ2n) is 4.07.